The summed E-state index contributed by atoms with van der Waals surface area (Å²) >= 11 is 3.30. The van der Waals surface area contributed by atoms with Gasteiger partial charge in [0, 0.05) is 23.8 Å². The van der Waals surface area contributed by atoms with Crippen molar-refractivity contribution >= 4 is 27.5 Å². The maximum atomic E-state index is 13.1. The number of methoxy groups -OCH3 is 1. The van der Waals surface area contributed by atoms with Crippen LogP contribution >= 0.6 is 15.9 Å². The summed E-state index contributed by atoms with van der Waals surface area (Å²) in [6, 6.07) is 5.64. The summed E-state index contributed by atoms with van der Waals surface area (Å²) in [6.45, 7) is 0. The molecule has 0 unspecified atom stereocenters. The van der Waals surface area contributed by atoms with Gasteiger partial charge in [0.15, 0.2) is 0 Å². The highest BCUT2D eigenvalue weighted by atomic mass is 79.9. The van der Waals surface area contributed by atoms with Crippen molar-refractivity contribution in [1.29, 1.82) is 0 Å². The van der Waals surface area contributed by atoms with Crippen molar-refractivity contribution in [2.24, 2.45) is 7.05 Å². The van der Waals surface area contributed by atoms with Crippen molar-refractivity contribution in [3.8, 4) is 5.75 Å². The van der Waals surface area contributed by atoms with Crippen LogP contribution in [0.15, 0.2) is 34.9 Å². The number of anilines is 1. The lowest BCUT2D eigenvalue weighted by Gasteiger charge is -2.10. The van der Waals surface area contributed by atoms with Gasteiger partial charge in [0.1, 0.15) is 17.3 Å². The molecule has 0 atom stereocenters. The molecule has 0 aliphatic heterocycles. The fourth-order valence-corrected chi connectivity index (χ4v) is 2.23. The lowest BCUT2D eigenvalue weighted by atomic mass is 10.2. The Kier molecular flexibility index (Phi) is 3.90. The summed E-state index contributed by atoms with van der Waals surface area (Å²) in [7, 11) is 3.19. The molecule has 6 heteroatoms. The van der Waals surface area contributed by atoms with E-state index in [-0.39, 0.29) is 11.7 Å². The van der Waals surface area contributed by atoms with E-state index in [2.05, 4.69) is 21.2 Å². The fraction of sp³-hybridized carbons (Fsp3) is 0.154. The second-order valence-corrected chi connectivity index (χ2v) is 4.87. The molecule has 0 saturated heterocycles. The Balaban J connectivity index is 2.26. The monoisotopic (exact) mass is 326 g/mol. The number of aryl methyl sites for hydroxylation is 1. The second-order valence-electron chi connectivity index (χ2n) is 3.95. The molecule has 1 aromatic heterocycles. The van der Waals surface area contributed by atoms with E-state index in [1.807, 2.05) is 0 Å². The lowest BCUT2D eigenvalue weighted by molar-refractivity contribution is 0.101. The first-order chi connectivity index (χ1) is 9.01. The predicted molar refractivity (Wildman–Crippen MR) is 74.0 cm³/mol. The van der Waals surface area contributed by atoms with Crippen LogP contribution in [-0.2, 0) is 7.05 Å². The quantitative estimate of drug-likeness (QED) is 0.941. The van der Waals surface area contributed by atoms with E-state index in [1.54, 1.807) is 23.9 Å². The fourth-order valence-electron chi connectivity index (χ4n) is 1.70. The molecule has 100 valence electrons. The van der Waals surface area contributed by atoms with Crippen LogP contribution in [0, 0.1) is 5.82 Å². The molecule has 0 spiro atoms. The van der Waals surface area contributed by atoms with Gasteiger partial charge in [-0.3, -0.25) is 4.79 Å². The second kappa shape index (κ2) is 5.44. The van der Waals surface area contributed by atoms with Gasteiger partial charge in [-0.15, -0.1) is 0 Å². The largest absolute Gasteiger partial charge is 0.494 e. The number of carbonyl (C=O) groups is 1. The topological polar surface area (TPSA) is 43.3 Å². The number of hydrogen-bond acceptors (Lipinski definition) is 2. The first-order valence-electron chi connectivity index (χ1n) is 5.48. The molecule has 0 radical (unpaired) electrons. The molecule has 1 aromatic carbocycles. The zero-order valence-electron chi connectivity index (χ0n) is 10.4. The molecular weight excluding hydrogens is 315 g/mol. The Morgan fingerprint density at radius 2 is 2.16 bits per heavy atom. The molecular formula is C13H12BrFN2O2. The summed E-state index contributed by atoms with van der Waals surface area (Å²) < 4.78 is 20.6. The molecule has 1 heterocycles. The molecule has 2 aromatic rings. The van der Waals surface area contributed by atoms with Gasteiger partial charge in [-0.25, -0.2) is 4.39 Å². The Morgan fingerprint density at radius 3 is 2.74 bits per heavy atom. The summed E-state index contributed by atoms with van der Waals surface area (Å²) in [4.78, 5) is 12.1. The molecule has 1 amide bonds. The molecule has 0 saturated carbocycles. The molecule has 2 rings (SSSR count). The molecule has 0 aliphatic carbocycles. The minimum Gasteiger partial charge on any atom is -0.494 e. The molecule has 1 N–H and O–H groups in total. The van der Waals surface area contributed by atoms with E-state index >= 15 is 0 Å². The number of rotatable bonds is 3. The van der Waals surface area contributed by atoms with Crippen LogP contribution in [0.25, 0.3) is 0 Å². The third-order valence-electron chi connectivity index (χ3n) is 2.62. The SMILES string of the molecule is COc1cc(F)ccc1NC(=O)c1cc(Br)cn1C. The minimum atomic E-state index is -0.420. The number of nitrogens with zero attached hydrogens (tertiary/aromatic N) is 1. The average molecular weight is 327 g/mol. The number of benzene rings is 1. The Labute approximate surface area is 118 Å². The standard InChI is InChI=1S/C13H12BrFN2O2/c1-17-7-8(14)5-11(17)13(18)16-10-4-3-9(15)6-12(10)19-2/h3-7H,1-2H3,(H,16,18). The van der Waals surface area contributed by atoms with Crippen molar-refractivity contribution in [3.05, 3.63) is 46.4 Å². The Morgan fingerprint density at radius 1 is 1.42 bits per heavy atom. The van der Waals surface area contributed by atoms with Gasteiger partial charge in [-0.05, 0) is 34.1 Å². The van der Waals surface area contributed by atoms with Crippen LogP contribution in [0.1, 0.15) is 10.5 Å². The van der Waals surface area contributed by atoms with Gasteiger partial charge >= 0.3 is 0 Å². The Bertz CT molecular complexity index is 625. The summed E-state index contributed by atoms with van der Waals surface area (Å²) in [6.07, 6.45) is 1.77. The van der Waals surface area contributed by atoms with E-state index in [0.29, 0.717) is 11.4 Å². The number of amides is 1. The number of nitrogens with one attached hydrogen (secondary N) is 1. The Hall–Kier alpha value is -1.82. The van der Waals surface area contributed by atoms with Crippen LogP contribution in [-0.4, -0.2) is 17.6 Å². The average Bonchev–Trinajstić information content (AvgIpc) is 2.70. The predicted octanol–water partition coefficient (Wildman–Crippen LogP) is 3.19. The summed E-state index contributed by atoms with van der Waals surface area (Å²) in [5.41, 5.74) is 0.907. The van der Waals surface area contributed by atoms with Crippen molar-refractivity contribution in [1.82, 2.24) is 4.57 Å². The maximum Gasteiger partial charge on any atom is 0.272 e. The number of halogens is 2. The van der Waals surface area contributed by atoms with Crippen molar-refractivity contribution < 1.29 is 13.9 Å². The van der Waals surface area contributed by atoms with Gasteiger partial charge in [-0.2, -0.15) is 0 Å². The van der Waals surface area contributed by atoms with Crippen LogP contribution < -0.4 is 10.1 Å². The van der Waals surface area contributed by atoms with Crippen molar-refractivity contribution in [3.63, 3.8) is 0 Å². The van der Waals surface area contributed by atoms with E-state index in [4.69, 9.17) is 4.74 Å². The molecule has 19 heavy (non-hydrogen) atoms. The molecule has 0 aliphatic rings. The van der Waals surface area contributed by atoms with Gasteiger partial charge in [0.25, 0.3) is 5.91 Å². The third-order valence-corrected chi connectivity index (χ3v) is 3.05. The van der Waals surface area contributed by atoms with Crippen LogP contribution in [0.2, 0.25) is 0 Å². The maximum absolute atomic E-state index is 13.1. The van der Waals surface area contributed by atoms with Gasteiger partial charge in [0.05, 0.1) is 12.8 Å². The normalized spacial score (nSPS) is 10.3. The first kappa shape index (κ1) is 13.6. The van der Waals surface area contributed by atoms with E-state index < -0.39 is 5.82 Å². The third kappa shape index (κ3) is 2.96. The van der Waals surface area contributed by atoms with Gasteiger partial charge in [-0.1, -0.05) is 0 Å². The van der Waals surface area contributed by atoms with Gasteiger partial charge < -0.3 is 14.6 Å². The van der Waals surface area contributed by atoms with Crippen molar-refractivity contribution in [2.45, 2.75) is 0 Å². The lowest BCUT2D eigenvalue weighted by Crippen LogP contribution is -2.15. The number of aromatic nitrogens is 1. The minimum absolute atomic E-state index is 0.279. The molecule has 0 fully saturated rings. The number of hydrogen-bond donors (Lipinski definition) is 1. The summed E-state index contributed by atoms with van der Waals surface area (Å²) in [5, 5.41) is 2.69. The zero-order valence-corrected chi connectivity index (χ0v) is 12.0. The highest BCUT2D eigenvalue weighted by Gasteiger charge is 2.13. The number of ether oxygens (including phenoxy) is 1. The summed E-state index contributed by atoms with van der Waals surface area (Å²) in [5.74, 6) is -0.434. The molecule has 4 nitrogen and oxygen atoms in total. The molecule has 0 bridgehead atoms. The highest BCUT2D eigenvalue weighted by Crippen LogP contribution is 2.25. The van der Waals surface area contributed by atoms with E-state index in [0.717, 1.165) is 4.47 Å². The highest BCUT2D eigenvalue weighted by molar-refractivity contribution is 9.10. The van der Waals surface area contributed by atoms with Crippen molar-refractivity contribution in [2.75, 3.05) is 12.4 Å². The van der Waals surface area contributed by atoms with Crippen LogP contribution in [0.4, 0.5) is 10.1 Å². The zero-order chi connectivity index (χ0) is 14.0. The van der Waals surface area contributed by atoms with E-state index in [9.17, 15) is 9.18 Å². The smallest absolute Gasteiger partial charge is 0.272 e. The number of carbonyl (C=O) groups excluding carboxylic acids is 1. The van der Waals surface area contributed by atoms with Gasteiger partial charge in [0.2, 0.25) is 0 Å². The van der Waals surface area contributed by atoms with Crippen LogP contribution in [0.3, 0.4) is 0 Å². The van der Waals surface area contributed by atoms with Crippen LogP contribution in [0.5, 0.6) is 5.75 Å². The first-order valence-corrected chi connectivity index (χ1v) is 6.27. The van der Waals surface area contributed by atoms with E-state index in [1.165, 1.54) is 25.3 Å².